The molecule has 0 radical (unpaired) electrons. The van der Waals surface area contributed by atoms with Gasteiger partial charge in [-0.15, -0.1) is 0 Å². The maximum Gasteiger partial charge on any atom is 0.0329 e. The zero-order valence-corrected chi connectivity index (χ0v) is 11.9. The van der Waals surface area contributed by atoms with Gasteiger partial charge in [-0.1, -0.05) is 27.7 Å². The molecule has 0 saturated carbocycles. The second-order valence-electron chi connectivity index (χ2n) is 5.62. The number of rotatable bonds is 5. The van der Waals surface area contributed by atoms with E-state index in [0.29, 0.717) is 11.1 Å². The van der Waals surface area contributed by atoms with Crippen LogP contribution in [-0.4, -0.2) is 35.6 Å². The van der Waals surface area contributed by atoms with Crippen molar-refractivity contribution in [1.29, 1.82) is 0 Å². The predicted octanol–water partition coefficient (Wildman–Crippen LogP) is 3.03. The molecular weight excluding hydrogens is 196 g/mol. The predicted molar refractivity (Wildman–Crippen MR) is 71.9 cm³/mol. The molecule has 1 aliphatic heterocycles. The monoisotopic (exact) mass is 226 g/mol. The van der Waals surface area contributed by atoms with Crippen LogP contribution in [0.1, 0.15) is 60.3 Å². The van der Waals surface area contributed by atoms with E-state index in [-0.39, 0.29) is 0 Å². The van der Waals surface area contributed by atoms with Gasteiger partial charge in [0.25, 0.3) is 0 Å². The third-order valence-corrected chi connectivity index (χ3v) is 4.64. The Morgan fingerprint density at radius 1 is 1.06 bits per heavy atom. The Hall–Kier alpha value is -0.0800. The molecule has 16 heavy (non-hydrogen) atoms. The number of hydrogen-bond acceptors (Lipinski definition) is 2. The van der Waals surface area contributed by atoms with E-state index in [1.165, 1.54) is 38.8 Å². The highest BCUT2D eigenvalue weighted by Gasteiger charge is 2.42. The van der Waals surface area contributed by atoms with Crippen LogP contribution in [-0.2, 0) is 0 Å². The van der Waals surface area contributed by atoms with E-state index in [1.807, 2.05) is 0 Å². The Labute approximate surface area is 102 Å². The summed E-state index contributed by atoms with van der Waals surface area (Å²) in [6.07, 6.45) is 5.00. The Morgan fingerprint density at radius 2 is 1.69 bits per heavy atom. The maximum atomic E-state index is 3.78. The fourth-order valence-electron chi connectivity index (χ4n) is 2.90. The van der Waals surface area contributed by atoms with Crippen molar-refractivity contribution < 1.29 is 0 Å². The van der Waals surface area contributed by atoms with Gasteiger partial charge in [0.05, 0.1) is 0 Å². The van der Waals surface area contributed by atoms with Gasteiger partial charge in [-0.2, -0.15) is 0 Å². The van der Waals surface area contributed by atoms with Crippen LogP contribution in [0.3, 0.4) is 0 Å². The lowest BCUT2D eigenvalue weighted by Gasteiger charge is -2.53. The van der Waals surface area contributed by atoms with Gasteiger partial charge < -0.3 is 5.32 Å². The average Bonchev–Trinajstić information content (AvgIpc) is 2.31. The van der Waals surface area contributed by atoms with Crippen molar-refractivity contribution in [1.82, 2.24) is 10.2 Å². The van der Waals surface area contributed by atoms with E-state index < -0.39 is 0 Å². The van der Waals surface area contributed by atoms with Gasteiger partial charge in [-0.05, 0) is 39.2 Å². The van der Waals surface area contributed by atoms with Gasteiger partial charge in [0.2, 0.25) is 0 Å². The highest BCUT2D eigenvalue weighted by Crippen LogP contribution is 2.31. The fourth-order valence-corrected chi connectivity index (χ4v) is 2.90. The van der Waals surface area contributed by atoms with Gasteiger partial charge in [0.1, 0.15) is 0 Å². The Balaban J connectivity index is 2.81. The van der Waals surface area contributed by atoms with E-state index in [2.05, 4.69) is 44.8 Å². The highest BCUT2D eigenvalue weighted by atomic mass is 15.3. The molecule has 1 atom stereocenters. The molecule has 1 aliphatic rings. The second kappa shape index (κ2) is 5.50. The lowest BCUT2D eigenvalue weighted by molar-refractivity contribution is 0.00256. The minimum atomic E-state index is 0.322. The summed E-state index contributed by atoms with van der Waals surface area (Å²) in [4.78, 5) is 2.74. The first-order valence-electron chi connectivity index (χ1n) is 7.06. The standard InChI is InChI=1S/C14H30N2/c1-6-10-16-12-13(5,7-2)15-11-14(16,8-3)9-4/h15H,6-12H2,1-5H3. The molecule has 0 spiro atoms. The second-order valence-corrected chi connectivity index (χ2v) is 5.62. The van der Waals surface area contributed by atoms with E-state index in [4.69, 9.17) is 0 Å². The van der Waals surface area contributed by atoms with Crippen molar-refractivity contribution in [2.45, 2.75) is 71.4 Å². The zero-order valence-electron chi connectivity index (χ0n) is 11.9. The molecule has 2 nitrogen and oxygen atoms in total. The normalized spacial score (nSPS) is 30.6. The quantitative estimate of drug-likeness (QED) is 0.775. The van der Waals surface area contributed by atoms with Crippen molar-refractivity contribution in [3.8, 4) is 0 Å². The van der Waals surface area contributed by atoms with Gasteiger partial charge in [0.15, 0.2) is 0 Å². The molecule has 2 heteroatoms. The molecule has 1 fully saturated rings. The van der Waals surface area contributed by atoms with Gasteiger partial charge >= 0.3 is 0 Å². The molecule has 0 bridgehead atoms. The van der Waals surface area contributed by atoms with Crippen LogP contribution in [0, 0.1) is 0 Å². The van der Waals surface area contributed by atoms with Crippen molar-refractivity contribution in [3.05, 3.63) is 0 Å². The summed E-state index contributed by atoms with van der Waals surface area (Å²) in [6, 6.07) is 0. The lowest BCUT2D eigenvalue weighted by atomic mass is 9.82. The minimum absolute atomic E-state index is 0.322. The summed E-state index contributed by atoms with van der Waals surface area (Å²) in [7, 11) is 0. The molecule has 1 heterocycles. The van der Waals surface area contributed by atoms with Crippen molar-refractivity contribution >= 4 is 0 Å². The fraction of sp³-hybridized carbons (Fsp3) is 1.00. The molecule has 0 aromatic carbocycles. The molecule has 1 unspecified atom stereocenters. The Morgan fingerprint density at radius 3 is 2.12 bits per heavy atom. The van der Waals surface area contributed by atoms with Crippen molar-refractivity contribution in [2.75, 3.05) is 19.6 Å². The van der Waals surface area contributed by atoms with Crippen molar-refractivity contribution in [3.63, 3.8) is 0 Å². The third-order valence-electron chi connectivity index (χ3n) is 4.64. The topological polar surface area (TPSA) is 15.3 Å². The summed E-state index contributed by atoms with van der Waals surface area (Å²) >= 11 is 0. The van der Waals surface area contributed by atoms with Gasteiger partial charge in [-0.25, -0.2) is 0 Å². The summed E-state index contributed by atoms with van der Waals surface area (Å²) in [5, 5.41) is 3.78. The molecular formula is C14H30N2. The van der Waals surface area contributed by atoms with Crippen LogP contribution in [0.4, 0.5) is 0 Å². The highest BCUT2D eigenvalue weighted by molar-refractivity contribution is 5.02. The summed E-state index contributed by atoms with van der Waals surface area (Å²) in [6.45, 7) is 15.2. The van der Waals surface area contributed by atoms with Crippen LogP contribution in [0.15, 0.2) is 0 Å². The maximum absolute atomic E-state index is 3.78. The summed E-state index contributed by atoms with van der Waals surface area (Å²) in [5.74, 6) is 0. The molecule has 0 aliphatic carbocycles. The lowest BCUT2D eigenvalue weighted by Crippen LogP contribution is -2.68. The smallest absolute Gasteiger partial charge is 0.0329 e. The van der Waals surface area contributed by atoms with Crippen LogP contribution in [0.2, 0.25) is 0 Å². The largest absolute Gasteiger partial charge is 0.308 e. The number of hydrogen-bond donors (Lipinski definition) is 1. The zero-order chi connectivity index (χ0) is 12.2. The molecule has 1 saturated heterocycles. The van der Waals surface area contributed by atoms with Gasteiger partial charge in [-0.3, -0.25) is 4.90 Å². The Bertz CT molecular complexity index is 211. The van der Waals surface area contributed by atoms with E-state index in [0.717, 1.165) is 6.54 Å². The number of nitrogens with zero attached hydrogens (tertiary/aromatic N) is 1. The van der Waals surface area contributed by atoms with E-state index >= 15 is 0 Å². The Kier molecular flexibility index (Phi) is 4.81. The van der Waals surface area contributed by atoms with Crippen LogP contribution in [0.25, 0.3) is 0 Å². The number of piperazine rings is 1. The van der Waals surface area contributed by atoms with E-state index in [9.17, 15) is 0 Å². The first-order valence-corrected chi connectivity index (χ1v) is 7.06. The minimum Gasteiger partial charge on any atom is -0.308 e. The van der Waals surface area contributed by atoms with Crippen LogP contribution < -0.4 is 5.32 Å². The van der Waals surface area contributed by atoms with Gasteiger partial charge in [0, 0.05) is 24.2 Å². The summed E-state index contributed by atoms with van der Waals surface area (Å²) in [5.41, 5.74) is 0.730. The first-order chi connectivity index (χ1) is 7.55. The number of nitrogens with one attached hydrogen (secondary N) is 1. The van der Waals surface area contributed by atoms with E-state index in [1.54, 1.807) is 0 Å². The van der Waals surface area contributed by atoms with Crippen LogP contribution >= 0.6 is 0 Å². The molecule has 0 aromatic heterocycles. The molecule has 0 amide bonds. The molecule has 1 N–H and O–H groups in total. The molecule has 1 rings (SSSR count). The van der Waals surface area contributed by atoms with Crippen LogP contribution in [0.5, 0.6) is 0 Å². The summed E-state index contributed by atoms with van der Waals surface area (Å²) < 4.78 is 0. The third kappa shape index (κ3) is 2.60. The SMILES string of the molecule is CCCN1CC(C)(CC)NCC1(CC)CC. The van der Waals surface area contributed by atoms with Crippen molar-refractivity contribution in [2.24, 2.45) is 0 Å². The molecule has 0 aromatic rings. The first kappa shape index (κ1) is 14.0. The average molecular weight is 226 g/mol. The molecule has 96 valence electrons.